The molecule has 0 saturated carbocycles. The molecule has 0 aliphatic carbocycles. The third kappa shape index (κ3) is 3.38. The first-order valence-electron chi connectivity index (χ1n) is 5.83. The number of aromatic carboxylic acids is 1. The number of nitrogens with zero attached hydrogens (tertiary/aromatic N) is 1. The van der Waals surface area contributed by atoms with Crippen LogP contribution < -0.4 is 9.46 Å². The van der Waals surface area contributed by atoms with Crippen molar-refractivity contribution >= 4 is 16.0 Å². The summed E-state index contributed by atoms with van der Waals surface area (Å²) in [5, 5.41) is 8.89. The van der Waals surface area contributed by atoms with E-state index in [-0.39, 0.29) is 22.8 Å². The molecule has 0 saturated heterocycles. The first-order chi connectivity index (χ1) is 9.94. The molecule has 1 aromatic heterocycles. The monoisotopic (exact) mass is 311 g/mol. The van der Waals surface area contributed by atoms with E-state index in [4.69, 9.17) is 9.84 Å². The van der Waals surface area contributed by atoms with Gasteiger partial charge in [0, 0.05) is 12.4 Å². The zero-order valence-electron chi connectivity index (χ0n) is 11.0. The van der Waals surface area contributed by atoms with Crippen molar-refractivity contribution in [1.29, 1.82) is 0 Å². The number of carbonyl (C=O) groups is 1. The Morgan fingerprint density at radius 3 is 2.81 bits per heavy atom. The SMILES string of the molecule is COc1cc(C(=O)O)ccc1S(=O)(=O)NCc1ncc[nH]1. The van der Waals surface area contributed by atoms with Gasteiger partial charge >= 0.3 is 5.97 Å². The van der Waals surface area contributed by atoms with Gasteiger partial charge < -0.3 is 14.8 Å². The molecule has 0 atom stereocenters. The van der Waals surface area contributed by atoms with Crippen LogP contribution in [0.1, 0.15) is 16.2 Å². The number of benzene rings is 1. The molecule has 3 N–H and O–H groups in total. The lowest BCUT2D eigenvalue weighted by molar-refractivity contribution is 0.0696. The maximum absolute atomic E-state index is 12.2. The Morgan fingerprint density at radius 2 is 2.24 bits per heavy atom. The molecule has 0 unspecified atom stereocenters. The van der Waals surface area contributed by atoms with Gasteiger partial charge in [0.1, 0.15) is 16.5 Å². The average molecular weight is 311 g/mol. The van der Waals surface area contributed by atoms with E-state index in [1.807, 2.05) is 0 Å². The highest BCUT2D eigenvalue weighted by molar-refractivity contribution is 7.89. The fourth-order valence-corrected chi connectivity index (χ4v) is 2.79. The van der Waals surface area contributed by atoms with Crippen molar-refractivity contribution in [3.05, 3.63) is 42.0 Å². The number of hydrogen-bond donors (Lipinski definition) is 3. The minimum Gasteiger partial charge on any atom is -0.495 e. The van der Waals surface area contributed by atoms with Crippen LogP contribution in [0.5, 0.6) is 5.75 Å². The first kappa shape index (κ1) is 15.0. The minimum absolute atomic E-state index is 0.0147. The van der Waals surface area contributed by atoms with Gasteiger partial charge in [-0.1, -0.05) is 0 Å². The van der Waals surface area contributed by atoms with E-state index in [2.05, 4.69) is 14.7 Å². The lowest BCUT2D eigenvalue weighted by atomic mass is 10.2. The third-order valence-corrected chi connectivity index (χ3v) is 4.13. The van der Waals surface area contributed by atoms with Gasteiger partial charge in [0.05, 0.1) is 19.2 Å². The second kappa shape index (κ2) is 5.94. The number of aromatic amines is 1. The zero-order valence-corrected chi connectivity index (χ0v) is 11.8. The topological polar surface area (TPSA) is 121 Å². The Kier molecular flexibility index (Phi) is 4.24. The molecule has 8 nitrogen and oxygen atoms in total. The molecule has 1 heterocycles. The average Bonchev–Trinajstić information content (AvgIpc) is 2.97. The van der Waals surface area contributed by atoms with Crippen LogP contribution in [-0.4, -0.2) is 36.6 Å². The molecule has 9 heteroatoms. The van der Waals surface area contributed by atoms with Gasteiger partial charge in [0.25, 0.3) is 0 Å². The molecule has 1 aromatic carbocycles. The van der Waals surface area contributed by atoms with Crippen LogP contribution in [0.15, 0.2) is 35.5 Å². The molecule has 0 aliphatic rings. The number of aromatic nitrogens is 2. The van der Waals surface area contributed by atoms with Crippen molar-refractivity contribution in [2.45, 2.75) is 11.4 Å². The predicted molar refractivity (Wildman–Crippen MR) is 72.6 cm³/mol. The molecular formula is C12H13N3O5S. The van der Waals surface area contributed by atoms with Crippen molar-refractivity contribution in [3.63, 3.8) is 0 Å². The van der Waals surface area contributed by atoms with Gasteiger partial charge in [-0.15, -0.1) is 0 Å². The van der Waals surface area contributed by atoms with Crippen molar-refractivity contribution in [2.24, 2.45) is 0 Å². The lowest BCUT2D eigenvalue weighted by Gasteiger charge is -2.10. The number of ether oxygens (including phenoxy) is 1. The van der Waals surface area contributed by atoms with Crippen LogP contribution >= 0.6 is 0 Å². The highest BCUT2D eigenvalue weighted by atomic mass is 32.2. The number of H-pyrrole nitrogens is 1. The predicted octanol–water partition coefficient (Wildman–Crippen LogP) is 0.595. The summed E-state index contributed by atoms with van der Waals surface area (Å²) in [7, 11) is -2.58. The Bertz CT molecular complexity index is 740. The molecule has 0 fully saturated rings. The highest BCUT2D eigenvalue weighted by Gasteiger charge is 2.21. The molecule has 0 bridgehead atoms. The van der Waals surface area contributed by atoms with Gasteiger partial charge in [-0.3, -0.25) is 0 Å². The molecule has 2 rings (SSSR count). The summed E-state index contributed by atoms with van der Waals surface area (Å²) in [5.74, 6) is -0.748. The maximum atomic E-state index is 12.2. The Hall–Kier alpha value is -2.39. The van der Waals surface area contributed by atoms with E-state index in [0.29, 0.717) is 5.82 Å². The second-order valence-corrected chi connectivity index (χ2v) is 5.77. The summed E-state index contributed by atoms with van der Waals surface area (Å²) >= 11 is 0. The van der Waals surface area contributed by atoms with Crippen LogP contribution in [0.4, 0.5) is 0 Å². The van der Waals surface area contributed by atoms with Crippen molar-refractivity contribution in [3.8, 4) is 5.75 Å². The Balaban J connectivity index is 2.28. The van der Waals surface area contributed by atoms with Crippen molar-refractivity contribution in [1.82, 2.24) is 14.7 Å². The van der Waals surface area contributed by atoms with E-state index in [9.17, 15) is 13.2 Å². The molecule has 21 heavy (non-hydrogen) atoms. The number of rotatable bonds is 6. The quantitative estimate of drug-likeness (QED) is 0.718. The van der Waals surface area contributed by atoms with Crippen LogP contribution in [0.2, 0.25) is 0 Å². The second-order valence-electron chi connectivity index (χ2n) is 4.03. The van der Waals surface area contributed by atoms with Crippen molar-refractivity contribution < 1.29 is 23.1 Å². The van der Waals surface area contributed by atoms with Crippen LogP contribution in [0, 0.1) is 0 Å². The van der Waals surface area contributed by atoms with E-state index in [1.165, 1.54) is 25.4 Å². The smallest absolute Gasteiger partial charge is 0.335 e. The third-order valence-electron chi connectivity index (χ3n) is 2.68. The summed E-state index contributed by atoms with van der Waals surface area (Å²) in [6.07, 6.45) is 3.08. The van der Waals surface area contributed by atoms with Gasteiger partial charge in [0.15, 0.2) is 0 Å². The lowest BCUT2D eigenvalue weighted by Crippen LogP contribution is -2.24. The Labute approximate surface area is 120 Å². The van der Waals surface area contributed by atoms with Gasteiger partial charge in [-0.05, 0) is 18.2 Å². The number of sulfonamides is 1. The molecule has 0 amide bonds. The van der Waals surface area contributed by atoms with E-state index in [1.54, 1.807) is 6.20 Å². The number of nitrogens with one attached hydrogen (secondary N) is 2. The number of carboxylic acid groups (broad SMARTS) is 1. The number of hydrogen-bond acceptors (Lipinski definition) is 5. The molecule has 112 valence electrons. The molecular weight excluding hydrogens is 298 g/mol. The van der Waals surface area contributed by atoms with Gasteiger partial charge in [-0.2, -0.15) is 0 Å². The molecule has 0 aliphatic heterocycles. The summed E-state index contributed by atoms with van der Waals surface area (Å²) in [4.78, 5) is 17.4. The van der Waals surface area contributed by atoms with E-state index >= 15 is 0 Å². The minimum atomic E-state index is -3.85. The van der Waals surface area contributed by atoms with Gasteiger partial charge in [0.2, 0.25) is 10.0 Å². The first-order valence-corrected chi connectivity index (χ1v) is 7.31. The molecule has 0 radical (unpaired) electrons. The summed E-state index contributed by atoms with van der Waals surface area (Å²) in [6, 6.07) is 3.54. The van der Waals surface area contributed by atoms with E-state index < -0.39 is 16.0 Å². The number of carboxylic acids is 1. The van der Waals surface area contributed by atoms with Crippen LogP contribution in [0.3, 0.4) is 0 Å². The van der Waals surface area contributed by atoms with Crippen molar-refractivity contribution in [2.75, 3.05) is 7.11 Å². The highest BCUT2D eigenvalue weighted by Crippen LogP contribution is 2.25. The molecule has 0 spiro atoms. The van der Waals surface area contributed by atoms with Gasteiger partial charge in [-0.25, -0.2) is 22.9 Å². The number of imidazole rings is 1. The summed E-state index contributed by atoms with van der Waals surface area (Å²) < 4.78 is 31.7. The maximum Gasteiger partial charge on any atom is 0.335 e. The normalized spacial score (nSPS) is 11.3. The fraction of sp³-hybridized carbons (Fsp3) is 0.167. The van der Waals surface area contributed by atoms with Crippen LogP contribution in [0.25, 0.3) is 0 Å². The standard InChI is InChI=1S/C12H13N3O5S/c1-20-9-6-8(12(16)17)2-3-10(9)21(18,19)15-7-11-13-4-5-14-11/h2-6,15H,7H2,1H3,(H,13,14)(H,16,17). The van der Waals surface area contributed by atoms with E-state index in [0.717, 1.165) is 6.07 Å². The fourth-order valence-electron chi connectivity index (χ4n) is 1.66. The summed E-state index contributed by atoms with van der Waals surface area (Å²) in [6.45, 7) is -0.0147. The summed E-state index contributed by atoms with van der Waals surface area (Å²) in [5.41, 5.74) is -0.0585. The number of methoxy groups -OCH3 is 1. The Morgan fingerprint density at radius 1 is 1.48 bits per heavy atom. The largest absolute Gasteiger partial charge is 0.495 e. The zero-order chi connectivity index (χ0) is 15.5. The van der Waals surface area contributed by atoms with Crippen LogP contribution in [-0.2, 0) is 16.6 Å². The molecule has 2 aromatic rings.